The van der Waals surface area contributed by atoms with Crippen LogP contribution >= 0.6 is 11.8 Å². The van der Waals surface area contributed by atoms with Crippen LogP contribution in [0.15, 0.2) is 35.5 Å². The number of thioether (sulfide) groups is 1. The molecule has 0 aliphatic heterocycles. The minimum absolute atomic E-state index is 0.254. The Kier molecular flexibility index (Phi) is 6.25. The van der Waals surface area contributed by atoms with E-state index in [9.17, 15) is 8.78 Å². The van der Waals surface area contributed by atoms with Gasteiger partial charge in [-0.3, -0.25) is 4.39 Å². The molecule has 1 heterocycles. The summed E-state index contributed by atoms with van der Waals surface area (Å²) in [7, 11) is 0.500. The number of allylic oxidation sites excluding steroid dienone is 2. The molecule has 1 aromatic carbocycles. The lowest BCUT2D eigenvalue weighted by molar-refractivity contribution is 0.628. The molecule has 4 nitrogen and oxygen atoms in total. The van der Waals surface area contributed by atoms with Gasteiger partial charge in [-0.2, -0.15) is 0 Å². The van der Waals surface area contributed by atoms with Crippen molar-refractivity contribution in [3.63, 3.8) is 0 Å². The highest BCUT2D eigenvalue weighted by Gasteiger charge is 2.29. The smallest absolute Gasteiger partial charge is 0.142 e. The van der Waals surface area contributed by atoms with Crippen LogP contribution in [0, 0.1) is 5.82 Å². The number of benzene rings is 1. The van der Waals surface area contributed by atoms with Gasteiger partial charge >= 0.3 is 0 Å². The third-order valence-corrected chi connectivity index (χ3v) is 4.35. The van der Waals surface area contributed by atoms with Crippen molar-refractivity contribution in [2.45, 2.75) is 25.8 Å². The molecule has 1 aliphatic rings. The first-order chi connectivity index (χ1) is 11.6. The SMILES string of the molecule is CCS/C(N)=C/C(=C\N)c1nc2ccc(F)cc2n1C1CC1.CF. The van der Waals surface area contributed by atoms with Crippen LogP contribution in [0.5, 0.6) is 0 Å². The largest absolute Gasteiger partial charge is 0.404 e. The minimum Gasteiger partial charge on any atom is -0.404 e. The number of nitrogens with two attached hydrogens (primary N) is 2. The van der Waals surface area contributed by atoms with Gasteiger partial charge in [0.25, 0.3) is 0 Å². The van der Waals surface area contributed by atoms with Gasteiger partial charge in [0.2, 0.25) is 0 Å². The number of hydrogen-bond donors (Lipinski definition) is 2. The van der Waals surface area contributed by atoms with Crippen molar-refractivity contribution in [2.24, 2.45) is 11.5 Å². The summed E-state index contributed by atoms with van der Waals surface area (Å²) in [6, 6.07) is 5.03. The molecule has 0 unspecified atom stereocenters. The number of hydrogen-bond acceptors (Lipinski definition) is 4. The third kappa shape index (κ3) is 3.90. The van der Waals surface area contributed by atoms with E-state index >= 15 is 0 Å². The van der Waals surface area contributed by atoms with E-state index in [2.05, 4.69) is 9.55 Å². The Morgan fingerprint density at radius 3 is 2.71 bits per heavy atom. The molecular weight excluding hydrogens is 330 g/mol. The van der Waals surface area contributed by atoms with Crippen LogP contribution in [-0.2, 0) is 0 Å². The Labute approximate surface area is 144 Å². The Balaban J connectivity index is 0.00000100. The molecule has 4 N–H and O–H groups in total. The average molecular weight is 352 g/mol. The maximum Gasteiger partial charge on any atom is 0.142 e. The van der Waals surface area contributed by atoms with Crippen LogP contribution < -0.4 is 11.5 Å². The number of alkyl halides is 1. The molecule has 0 atom stereocenters. The zero-order valence-corrected chi connectivity index (χ0v) is 14.6. The van der Waals surface area contributed by atoms with Gasteiger partial charge in [-0.25, -0.2) is 9.37 Å². The van der Waals surface area contributed by atoms with Crippen molar-refractivity contribution >= 4 is 28.4 Å². The fourth-order valence-electron chi connectivity index (χ4n) is 2.52. The van der Waals surface area contributed by atoms with Crippen molar-refractivity contribution in [1.29, 1.82) is 0 Å². The van der Waals surface area contributed by atoms with Gasteiger partial charge in [-0.05, 0) is 42.9 Å². The standard InChI is InChI=1S/C16H19FN4S.CH3F/c1-2-22-15(19)7-10(9-18)16-20-13-6-3-11(17)8-14(13)21(16)12-4-5-12;1-2/h3,6-9,12H,2,4-5,18-19H2,1H3;1H3/b10-9+,15-7+;. The molecule has 1 aromatic heterocycles. The van der Waals surface area contributed by atoms with Gasteiger partial charge in [0.15, 0.2) is 0 Å². The summed E-state index contributed by atoms with van der Waals surface area (Å²) in [4.78, 5) is 4.64. The molecule has 7 heteroatoms. The fourth-order valence-corrected chi connectivity index (χ4v) is 3.06. The molecule has 0 radical (unpaired) electrons. The molecule has 0 spiro atoms. The predicted octanol–water partition coefficient (Wildman–Crippen LogP) is 3.95. The van der Waals surface area contributed by atoms with Gasteiger partial charge in [0, 0.05) is 17.8 Å². The predicted molar refractivity (Wildman–Crippen MR) is 97.6 cm³/mol. The molecule has 1 saturated carbocycles. The molecule has 0 saturated heterocycles. The minimum atomic E-state index is -0.254. The lowest BCUT2D eigenvalue weighted by atomic mass is 10.2. The highest BCUT2D eigenvalue weighted by molar-refractivity contribution is 8.02. The van der Waals surface area contributed by atoms with Crippen LogP contribution in [0.25, 0.3) is 16.6 Å². The first-order valence-corrected chi connectivity index (χ1v) is 8.70. The lowest BCUT2D eigenvalue weighted by Gasteiger charge is -2.09. The summed E-state index contributed by atoms with van der Waals surface area (Å²) in [6.45, 7) is 2.04. The van der Waals surface area contributed by atoms with Crippen LogP contribution in [0.4, 0.5) is 8.78 Å². The molecule has 24 heavy (non-hydrogen) atoms. The molecular formula is C17H22F2N4S. The van der Waals surface area contributed by atoms with Gasteiger partial charge < -0.3 is 16.0 Å². The second-order valence-electron chi connectivity index (χ2n) is 5.27. The Bertz CT molecular complexity index is 763. The van der Waals surface area contributed by atoms with Crippen molar-refractivity contribution in [2.75, 3.05) is 12.9 Å². The van der Waals surface area contributed by atoms with E-state index in [1.807, 2.05) is 13.0 Å². The van der Waals surface area contributed by atoms with Crippen molar-refractivity contribution in [3.8, 4) is 0 Å². The highest BCUT2D eigenvalue weighted by Crippen LogP contribution is 2.40. The number of fused-ring (bicyclic) bond motifs is 1. The highest BCUT2D eigenvalue weighted by atomic mass is 32.2. The van der Waals surface area contributed by atoms with Crippen LogP contribution in [0.2, 0.25) is 0 Å². The maximum absolute atomic E-state index is 13.6. The Morgan fingerprint density at radius 1 is 1.42 bits per heavy atom. The summed E-state index contributed by atoms with van der Waals surface area (Å²) < 4.78 is 25.2. The molecule has 1 aliphatic carbocycles. The summed E-state index contributed by atoms with van der Waals surface area (Å²) in [5, 5.41) is 0.694. The zero-order chi connectivity index (χ0) is 17.7. The van der Waals surface area contributed by atoms with E-state index in [4.69, 9.17) is 11.5 Å². The first kappa shape index (κ1) is 18.3. The number of imidazole rings is 1. The summed E-state index contributed by atoms with van der Waals surface area (Å²) in [6.07, 6.45) is 5.51. The number of nitrogens with zero attached hydrogens (tertiary/aromatic N) is 2. The van der Waals surface area contributed by atoms with Crippen LogP contribution in [0.3, 0.4) is 0 Å². The van der Waals surface area contributed by atoms with E-state index in [1.165, 1.54) is 18.3 Å². The van der Waals surface area contributed by atoms with Gasteiger partial charge in [0.05, 0.1) is 23.2 Å². The van der Waals surface area contributed by atoms with Crippen LogP contribution in [0.1, 0.15) is 31.6 Å². The second kappa shape index (κ2) is 8.19. The fraction of sp³-hybridized carbons (Fsp3) is 0.353. The van der Waals surface area contributed by atoms with Crippen molar-refractivity contribution in [1.82, 2.24) is 9.55 Å². The Hall–Kier alpha value is -2.02. The van der Waals surface area contributed by atoms with E-state index in [0.29, 0.717) is 18.2 Å². The quantitative estimate of drug-likeness (QED) is 0.800. The van der Waals surface area contributed by atoms with Crippen molar-refractivity contribution < 1.29 is 8.78 Å². The molecule has 1 fully saturated rings. The van der Waals surface area contributed by atoms with Gasteiger partial charge in [0.1, 0.15) is 11.6 Å². The molecule has 130 valence electrons. The maximum atomic E-state index is 13.6. The lowest BCUT2D eigenvalue weighted by Crippen LogP contribution is -2.03. The van der Waals surface area contributed by atoms with E-state index in [0.717, 1.165) is 41.0 Å². The summed E-state index contributed by atoms with van der Waals surface area (Å²) >= 11 is 1.55. The molecule has 0 bridgehead atoms. The van der Waals surface area contributed by atoms with E-state index < -0.39 is 0 Å². The Morgan fingerprint density at radius 2 is 2.12 bits per heavy atom. The number of aromatic nitrogens is 2. The molecule has 0 amide bonds. The number of rotatable bonds is 5. The first-order valence-electron chi connectivity index (χ1n) is 7.71. The topological polar surface area (TPSA) is 69.9 Å². The second-order valence-corrected chi connectivity index (χ2v) is 6.61. The monoisotopic (exact) mass is 352 g/mol. The van der Waals surface area contributed by atoms with E-state index in [1.54, 1.807) is 17.8 Å². The third-order valence-electron chi connectivity index (χ3n) is 3.61. The summed E-state index contributed by atoms with van der Waals surface area (Å²) in [5.74, 6) is 1.39. The van der Waals surface area contributed by atoms with Gasteiger partial charge in [-0.15, -0.1) is 11.8 Å². The van der Waals surface area contributed by atoms with Crippen molar-refractivity contribution in [3.05, 3.63) is 47.1 Å². The molecule has 3 rings (SSSR count). The average Bonchev–Trinajstić information content (AvgIpc) is 3.35. The number of halogens is 2. The zero-order valence-electron chi connectivity index (χ0n) is 13.8. The normalized spacial score (nSPS) is 15.3. The van der Waals surface area contributed by atoms with Gasteiger partial charge in [-0.1, -0.05) is 6.92 Å². The van der Waals surface area contributed by atoms with Crippen LogP contribution in [-0.4, -0.2) is 22.5 Å². The van der Waals surface area contributed by atoms with E-state index in [-0.39, 0.29) is 5.82 Å². The summed E-state index contributed by atoms with van der Waals surface area (Å²) in [5.41, 5.74) is 14.1. The molecule has 2 aromatic rings.